The van der Waals surface area contributed by atoms with Crippen molar-refractivity contribution in [2.75, 3.05) is 13.1 Å². The van der Waals surface area contributed by atoms with Gasteiger partial charge in [0.05, 0.1) is 22.4 Å². The Morgan fingerprint density at radius 1 is 0.643 bits per heavy atom. The summed E-state index contributed by atoms with van der Waals surface area (Å²) in [5, 5.41) is 10.9. The molecule has 42 heavy (non-hydrogen) atoms. The predicted octanol–water partition coefficient (Wildman–Crippen LogP) is 5.02. The van der Waals surface area contributed by atoms with E-state index in [9.17, 15) is 0 Å². The van der Waals surface area contributed by atoms with E-state index in [0.29, 0.717) is 0 Å². The molecule has 10 heteroatoms. The number of hydrogen-bond donors (Lipinski definition) is 2. The van der Waals surface area contributed by atoms with E-state index in [-0.39, 0.29) is 42.1 Å². The van der Waals surface area contributed by atoms with Crippen LogP contribution in [0.25, 0.3) is 0 Å². The van der Waals surface area contributed by atoms with Gasteiger partial charge in [-0.05, 0) is 110 Å². The van der Waals surface area contributed by atoms with Crippen LogP contribution in [-0.2, 0) is 24.0 Å². The molecule has 0 unspecified atom stereocenters. The molecule has 3 saturated heterocycles. The zero-order valence-electron chi connectivity index (χ0n) is 26.2. The van der Waals surface area contributed by atoms with Gasteiger partial charge in [0.1, 0.15) is 0 Å². The Kier molecular flexibility index (Phi) is 8.51. The first-order valence-electron chi connectivity index (χ1n) is 14.9. The molecule has 2 N–H and O–H groups in total. The first kappa shape index (κ1) is 31.3. The number of benzene rings is 2. The van der Waals surface area contributed by atoms with Crippen molar-refractivity contribution in [1.82, 2.24) is 15.5 Å². The topological polar surface area (TPSA) is 77.6 Å². The Morgan fingerprint density at radius 3 is 1.50 bits per heavy atom. The van der Waals surface area contributed by atoms with Gasteiger partial charge in [0.2, 0.25) is 0 Å². The summed E-state index contributed by atoms with van der Waals surface area (Å²) >= 11 is 6.14. The van der Waals surface area contributed by atoms with Gasteiger partial charge in [-0.2, -0.15) is 5.10 Å². The number of aromatic amines is 1. The highest BCUT2D eigenvalue weighted by Gasteiger charge is 2.53. The Morgan fingerprint density at radius 2 is 1.07 bits per heavy atom. The molecule has 3 fully saturated rings. The van der Waals surface area contributed by atoms with Crippen molar-refractivity contribution >= 4 is 36.8 Å². The van der Waals surface area contributed by atoms with Crippen LogP contribution in [0.5, 0.6) is 0 Å². The summed E-state index contributed by atoms with van der Waals surface area (Å²) in [5.74, 6) is 0. The smallest absolute Gasteiger partial charge is 0.399 e. The predicted molar refractivity (Wildman–Crippen MR) is 171 cm³/mol. The van der Waals surface area contributed by atoms with E-state index in [0.717, 1.165) is 41.9 Å². The highest BCUT2D eigenvalue weighted by molar-refractivity contribution is 6.62. The highest BCUT2D eigenvalue weighted by atomic mass is 35.5. The van der Waals surface area contributed by atoms with E-state index < -0.39 is 0 Å². The molecule has 0 spiro atoms. The molecule has 2 aromatic carbocycles. The maximum absolute atomic E-state index is 6.21. The van der Waals surface area contributed by atoms with Crippen molar-refractivity contribution < 1.29 is 18.6 Å². The van der Waals surface area contributed by atoms with Crippen LogP contribution in [0.2, 0.25) is 5.02 Å². The SMILES string of the molecule is CC1(C)OB(c2ccc(C3(c4ccc(Cl)cc4)CCNCC3)cc2)OC1(C)C.CC1(C)OB(c2cn[nH]c2)OC1(C)C. The van der Waals surface area contributed by atoms with E-state index >= 15 is 0 Å². The molecule has 224 valence electrons. The standard InChI is InChI=1S/C23H29BClNO2.C9H15BN2O2/c1-21(2)22(3,4)28-24(27-21)19-9-5-17(6-10-19)23(13-15-26-16-14-23)18-7-11-20(25)12-8-18;1-8(2)9(3,4)14-10(13-8)7-5-11-12-6-7/h5-12,26H,13-16H2,1-4H3;5-6H,1-4H3,(H,11,12). The lowest BCUT2D eigenvalue weighted by molar-refractivity contribution is 0.00578. The second kappa shape index (κ2) is 11.4. The minimum atomic E-state index is -0.324. The van der Waals surface area contributed by atoms with Crippen molar-refractivity contribution in [3.63, 3.8) is 0 Å². The van der Waals surface area contributed by atoms with E-state index in [4.69, 9.17) is 30.2 Å². The number of H-pyrrole nitrogens is 1. The Balaban J connectivity index is 0.000000211. The van der Waals surface area contributed by atoms with Gasteiger partial charge in [-0.15, -0.1) is 0 Å². The van der Waals surface area contributed by atoms with Crippen molar-refractivity contribution in [3.05, 3.63) is 77.1 Å². The number of hydrogen-bond acceptors (Lipinski definition) is 6. The Hall–Kier alpha value is -2.13. The fourth-order valence-corrected chi connectivity index (χ4v) is 5.80. The fourth-order valence-electron chi connectivity index (χ4n) is 5.67. The molecule has 6 rings (SSSR count). The van der Waals surface area contributed by atoms with Gasteiger partial charge in [-0.1, -0.05) is 48.0 Å². The summed E-state index contributed by atoms with van der Waals surface area (Å²) < 4.78 is 24.1. The summed E-state index contributed by atoms with van der Waals surface area (Å²) in [7, 11) is -0.627. The summed E-state index contributed by atoms with van der Waals surface area (Å²) in [6, 6.07) is 17.2. The maximum Gasteiger partial charge on any atom is 0.498 e. The van der Waals surface area contributed by atoms with E-state index in [2.05, 4.69) is 79.6 Å². The molecule has 3 aliphatic heterocycles. The lowest BCUT2D eigenvalue weighted by Gasteiger charge is -2.39. The van der Waals surface area contributed by atoms with Crippen molar-refractivity contribution in [1.29, 1.82) is 0 Å². The summed E-state index contributed by atoms with van der Waals surface area (Å²) in [4.78, 5) is 0. The van der Waals surface area contributed by atoms with Gasteiger partial charge in [-0.3, -0.25) is 5.10 Å². The third kappa shape index (κ3) is 5.97. The first-order valence-corrected chi connectivity index (χ1v) is 15.3. The monoisotopic (exact) mass is 591 g/mol. The largest absolute Gasteiger partial charge is 0.498 e. The van der Waals surface area contributed by atoms with Gasteiger partial charge in [-0.25, -0.2) is 0 Å². The summed E-state index contributed by atoms with van der Waals surface area (Å²) in [6.07, 6.45) is 5.67. The van der Waals surface area contributed by atoms with Crippen LogP contribution in [-0.4, -0.2) is 59.9 Å². The first-order chi connectivity index (χ1) is 19.7. The van der Waals surface area contributed by atoms with Crippen LogP contribution in [0.3, 0.4) is 0 Å². The highest BCUT2D eigenvalue weighted by Crippen LogP contribution is 2.41. The molecule has 7 nitrogen and oxygen atoms in total. The van der Waals surface area contributed by atoms with Crippen LogP contribution in [0.15, 0.2) is 60.9 Å². The van der Waals surface area contributed by atoms with E-state index in [1.807, 2.05) is 39.8 Å². The van der Waals surface area contributed by atoms with Crippen molar-refractivity contribution in [3.8, 4) is 0 Å². The normalized spacial score (nSPS) is 23.4. The summed E-state index contributed by atoms with van der Waals surface area (Å²) in [6.45, 7) is 18.5. The molecule has 0 saturated carbocycles. The molecule has 0 bridgehead atoms. The van der Waals surface area contributed by atoms with Gasteiger partial charge < -0.3 is 23.9 Å². The van der Waals surface area contributed by atoms with Crippen LogP contribution in [0.1, 0.15) is 79.4 Å². The average Bonchev–Trinajstić information content (AvgIpc) is 3.60. The molecule has 0 amide bonds. The number of rotatable bonds is 4. The molecule has 0 atom stereocenters. The van der Waals surface area contributed by atoms with Crippen molar-refractivity contribution in [2.45, 2.75) is 96.1 Å². The molecule has 0 radical (unpaired) electrons. The number of nitrogens with one attached hydrogen (secondary N) is 2. The van der Waals surface area contributed by atoms with Crippen LogP contribution >= 0.6 is 11.6 Å². The molecule has 1 aromatic heterocycles. The number of piperidine rings is 1. The molecule has 3 aromatic rings. The Bertz CT molecular complexity index is 1310. The third-order valence-corrected chi connectivity index (χ3v) is 10.1. The zero-order valence-corrected chi connectivity index (χ0v) is 27.0. The number of halogens is 1. The van der Waals surface area contributed by atoms with Crippen LogP contribution in [0.4, 0.5) is 0 Å². The van der Waals surface area contributed by atoms with Gasteiger partial charge in [0, 0.05) is 28.3 Å². The lowest BCUT2D eigenvalue weighted by atomic mass is 9.67. The second-order valence-electron chi connectivity index (χ2n) is 13.7. The number of nitrogens with zero attached hydrogens (tertiary/aromatic N) is 1. The second-order valence-corrected chi connectivity index (χ2v) is 14.1. The zero-order chi connectivity index (χ0) is 30.4. The quantitative estimate of drug-likeness (QED) is 0.415. The van der Waals surface area contributed by atoms with E-state index in [1.165, 1.54) is 11.1 Å². The van der Waals surface area contributed by atoms with E-state index in [1.54, 1.807) is 12.4 Å². The maximum atomic E-state index is 6.21. The van der Waals surface area contributed by atoms with Gasteiger partial charge in [0.15, 0.2) is 0 Å². The third-order valence-electron chi connectivity index (χ3n) is 9.89. The number of aromatic nitrogens is 2. The molecular formula is C32H44B2ClN3O4. The molecule has 4 heterocycles. The molecule has 3 aliphatic rings. The van der Waals surface area contributed by atoms with Crippen molar-refractivity contribution in [2.24, 2.45) is 0 Å². The minimum Gasteiger partial charge on any atom is -0.399 e. The van der Waals surface area contributed by atoms with Gasteiger partial charge in [0.25, 0.3) is 0 Å². The minimum absolute atomic E-state index is 0.0182. The average molecular weight is 592 g/mol. The lowest BCUT2D eigenvalue weighted by Crippen LogP contribution is -2.41. The molecular weight excluding hydrogens is 547 g/mol. The van der Waals surface area contributed by atoms with Gasteiger partial charge >= 0.3 is 14.2 Å². The van der Waals surface area contributed by atoms with Crippen LogP contribution in [0, 0.1) is 0 Å². The Labute approximate surface area is 256 Å². The van der Waals surface area contributed by atoms with Crippen LogP contribution < -0.4 is 16.2 Å². The fraction of sp³-hybridized carbons (Fsp3) is 0.531. The summed E-state index contributed by atoms with van der Waals surface area (Å²) in [5.41, 5.74) is 3.49. The molecule has 0 aliphatic carbocycles.